The van der Waals surface area contributed by atoms with Gasteiger partial charge in [0.15, 0.2) is 0 Å². The van der Waals surface area contributed by atoms with Gasteiger partial charge in [-0.15, -0.1) is 0 Å². The van der Waals surface area contributed by atoms with Gasteiger partial charge in [-0.05, 0) is 36.2 Å². The van der Waals surface area contributed by atoms with E-state index in [2.05, 4.69) is 18.0 Å². The summed E-state index contributed by atoms with van der Waals surface area (Å²) in [5.41, 5.74) is 3.08. The minimum absolute atomic E-state index is 0.520. The van der Waals surface area contributed by atoms with E-state index in [9.17, 15) is 0 Å². The summed E-state index contributed by atoms with van der Waals surface area (Å²) >= 11 is 11.8. The fourth-order valence-corrected chi connectivity index (χ4v) is 1.73. The van der Waals surface area contributed by atoms with Crippen molar-refractivity contribution < 1.29 is 0 Å². The monoisotopic (exact) mass is 263 g/mol. The number of hydrogen-bond acceptors (Lipinski definition) is 1. The van der Waals surface area contributed by atoms with Gasteiger partial charge in [0.05, 0.1) is 15.7 Å². The molecular formula is C14H11Cl2N. The van der Waals surface area contributed by atoms with Gasteiger partial charge in [0.1, 0.15) is 0 Å². The lowest BCUT2D eigenvalue weighted by Crippen LogP contribution is -1.84. The third-order valence-electron chi connectivity index (χ3n) is 2.44. The van der Waals surface area contributed by atoms with Crippen molar-refractivity contribution in [1.29, 1.82) is 0 Å². The SMILES string of the molecule is Cc1ccccc1C=Nc1ccc(Cl)c(Cl)c1. The number of aliphatic imine (C=N–C) groups is 1. The molecule has 2 aromatic rings. The maximum Gasteiger partial charge on any atom is 0.0645 e. The van der Waals surface area contributed by atoms with Crippen molar-refractivity contribution in [2.45, 2.75) is 6.92 Å². The Morgan fingerprint density at radius 1 is 1.00 bits per heavy atom. The molecule has 0 bridgehead atoms. The number of rotatable bonds is 2. The molecule has 86 valence electrons. The summed E-state index contributed by atoms with van der Waals surface area (Å²) in [5, 5.41) is 1.06. The van der Waals surface area contributed by atoms with E-state index in [1.54, 1.807) is 12.1 Å². The van der Waals surface area contributed by atoms with Gasteiger partial charge in [-0.2, -0.15) is 0 Å². The predicted octanol–water partition coefficient (Wildman–Crippen LogP) is 5.05. The first kappa shape index (κ1) is 12.2. The molecule has 0 spiro atoms. The van der Waals surface area contributed by atoms with E-state index in [1.165, 1.54) is 5.56 Å². The molecular weight excluding hydrogens is 253 g/mol. The van der Waals surface area contributed by atoms with Crippen molar-refractivity contribution in [2.24, 2.45) is 4.99 Å². The van der Waals surface area contributed by atoms with Gasteiger partial charge in [-0.3, -0.25) is 4.99 Å². The van der Waals surface area contributed by atoms with Crippen LogP contribution in [0, 0.1) is 6.92 Å². The number of nitrogens with zero attached hydrogens (tertiary/aromatic N) is 1. The molecule has 0 aromatic heterocycles. The highest BCUT2D eigenvalue weighted by molar-refractivity contribution is 6.42. The van der Waals surface area contributed by atoms with Crippen LogP contribution in [-0.2, 0) is 0 Å². The van der Waals surface area contributed by atoms with Crippen LogP contribution >= 0.6 is 23.2 Å². The van der Waals surface area contributed by atoms with E-state index >= 15 is 0 Å². The van der Waals surface area contributed by atoms with Crippen molar-refractivity contribution in [3.05, 3.63) is 63.6 Å². The molecule has 2 rings (SSSR count). The first-order valence-electron chi connectivity index (χ1n) is 5.21. The van der Waals surface area contributed by atoms with Crippen LogP contribution in [0.4, 0.5) is 5.69 Å². The van der Waals surface area contributed by atoms with Crippen LogP contribution in [0.2, 0.25) is 10.0 Å². The van der Waals surface area contributed by atoms with Crippen LogP contribution in [0.15, 0.2) is 47.5 Å². The molecule has 0 amide bonds. The second-order valence-corrected chi connectivity index (χ2v) is 4.53. The van der Waals surface area contributed by atoms with Gasteiger partial charge in [-0.25, -0.2) is 0 Å². The Bertz CT molecular complexity index is 562. The lowest BCUT2D eigenvalue weighted by atomic mass is 10.1. The maximum atomic E-state index is 5.92. The Kier molecular flexibility index (Phi) is 3.82. The Balaban J connectivity index is 2.26. The van der Waals surface area contributed by atoms with Crippen molar-refractivity contribution in [2.75, 3.05) is 0 Å². The molecule has 0 atom stereocenters. The van der Waals surface area contributed by atoms with Crippen LogP contribution in [0.5, 0.6) is 0 Å². The lowest BCUT2D eigenvalue weighted by Gasteiger charge is -1.99. The van der Waals surface area contributed by atoms with Gasteiger partial charge >= 0.3 is 0 Å². The molecule has 0 aliphatic rings. The summed E-state index contributed by atoms with van der Waals surface area (Å²) in [5.74, 6) is 0. The molecule has 0 unspecified atom stereocenters. The van der Waals surface area contributed by atoms with Gasteiger partial charge in [0.2, 0.25) is 0 Å². The fourth-order valence-electron chi connectivity index (χ4n) is 1.44. The van der Waals surface area contributed by atoms with E-state index < -0.39 is 0 Å². The summed E-state index contributed by atoms with van der Waals surface area (Å²) in [6, 6.07) is 13.4. The fraction of sp³-hybridized carbons (Fsp3) is 0.0714. The molecule has 0 saturated carbocycles. The standard InChI is InChI=1S/C14H11Cl2N/c1-10-4-2-3-5-11(10)9-17-12-6-7-13(15)14(16)8-12/h2-9H,1H3. The number of halogens is 2. The van der Waals surface area contributed by atoms with Crippen molar-refractivity contribution in [3.8, 4) is 0 Å². The normalized spacial score (nSPS) is 11.0. The molecule has 17 heavy (non-hydrogen) atoms. The lowest BCUT2D eigenvalue weighted by molar-refractivity contribution is 1.44. The maximum absolute atomic E-state index is 5.92. The molecule has 0 saturated heterocycles. The molecule has 3 heteroatoms. The van der Waals surface area contributed by atoms with E-state index in [1.807, 2.05) is 30.5 Å². The Morgan fingerprint density at radius 3 is 2.47 bits per heavy atom. The van der Waals surface area contributed by atoms with Crippen LogP contribution in [0.1, 0.15) is 11.1 Å². The van der Waals surface area contributed by atoms with Crippen LogP contribution < -0.4 is 0 Å². The predicted molar refractivity (Wildman–Crippen MR) is 74.9 cm³/mol. The molecule has 2 aromatic carbocycles. The van der Waals surface area contributed by atoms with E-state index in [0.717, 1.165) is 11.3 Å². The molecule has 0 aliphatic heterocycles. The highest BCUT2D eigenvalue weighted by atomic mass is 35.5. The first-order valence-corrected chi connectivity index (χ1v) is 5.97. The summed E-state index contributed by atoms with van der Waals surface area (Å²) in [4.78, 5) is 4.37. The summed E-state index contributed by atoms with van der Waals surface area (Å²) in [7, 11) is 0. The van der Waals surface area contributed by atoms with Crippen LogP contribution in [-0.4, -0.2) is 6.21 Å². The van der Waals surface area contributed by atoms with Crippen molar-refractivity contribution >= 4 is 35.1 Å². The second kappa shape index (κ2) is 5.35. The van der Waals surface area contributed by atoms with E-state index in [0.29, 0.717) is 10.0 Å². The molecule has 0 aliphatic carbocycles. The quantitative estimate of drug-likeness (QED) is 0.673. The van der Waals surface area contributed by atoms with Gasteiger partial charge in [0, 0.05) is 6.21 Å². The highest BCUT2D eigenvalue weighted by Gasteiger charge is 1.98. The third kappa shape index (κ3) is 3.09. The van der Waals surface area contributed by atoms with Crippen molar-refractivity contribution in [3.63, 3.8) is 0 Å². The van der Waals surface area contributed by atoms with Crippen LogP contribution in [0.25, 0.3) is 0 Å². The van der Waals surface area contributed by atoms with E-state index in [-0.39, 0.29) is 0 Å². The molecule has 0 N–H and O–H groups in total. The smallest absolute Gasteiger partial charge is 0.0645 e. The Morgan fingerprint density at radius 2 is 1.76 bits per heavy atom. The van der Waals surface area contributed by atoms with Crippen molar-refractivity contribution in [1.82, 2.24) is 0 Å². The van der Waals surface area contributed by atoms with Crippen LogP contribution in [0.3, 0.4) is 0 Å². The zero-order chi connectivity index (χ0) is 12.3. The number of hydrogen-bond donors (Lipinski definition) is 0. The molecule has 0 fully saturated rings. The zero-order valence-electron chi connectivity index (χ0n) is 9.32. The number of aryl methyl sites for hydroxylation is 1. The summed E-state index contributed by atoms with van der Waals surface area (Å²) in [6.07, 6.45) is 1.83. The number of benzene rings is 2. The molecule has 0 radical (unpaired) electrons. The zero-order valence-corrected chi connectivity index (χ0v) is 10.8. The van der Waals surface area contributed by atoms with Gasteiger partial charge in [0.25, 0.3) is 0 Å². The minimum atomic E-state index is 0.520. The minimum Gasteiger partial charge on any atom is -0.256 e. The first-order chi connectivity index (χ1) is 8.16. The van der Waals surface area contributed by atoms with Gasteiger partial charge < -0.3 is 0 Å². The topological polar surface area (TPSA) is 12.4 Å². The molecule has 1 nitrogen and oxygen atoms in total. The highest BCUT2D eigenvalue weighted by Crippen LogP contribution is 2.26. The van der Waals surface area contributed by atoms with E-state index in [4.69, 9.17) is 23.2 Å². The van der Waals surface area contributed by atoms with Gasteiger partial charge in [-0.1, -0.05) is 47.5 Å². The average molecular weight is 264 g/mol. The third-order valence-corrected chi connectivity index (χ3v) is 3.18. The second-order valence-electron chi connectivity index (χ2n) is 3.71. The Labute approximate surface area is 111 Å². The average Bonchev–Trinajstić information content (AvgIpc) is 2.32. The largest absolute Gasteiger partial charge is 0.256 e. The summed E-state index contributed by atoms with van der Waals surface area (Å²) in [6.45, 7) is 2.05. The molecule has 0 heterocycles. The summed E-state index contributed by atoms with van der Waals surface area (Å²) < 4.78 is 0. The Hall–Kier alpha value is -1.31.